The lowest BCUT2D eigenvalue weighted by molar-refractivity contribution is 0.0900. The molecule has 0 saturated carbocycles. The third-order valence-corrected chi connectivity index (χ3v) is 3.51. The second-order valence-electron chi connectivity index (χ2n) is 5.08. The Balaban J connectivity index is 1.58. The fourth-order valence-electron chi connectivity index (χ4n) is 2.38. The van der Waals surface area contributed by atoms with Crippen molar-refractivity contribution in [3.63, 3.8) is 0 Å². The van der Waals surface area contributed by atoms with E-state index >= 15 is 0 Å². The van der Waals surface area contributed by atoms with Crippen LogP contribution in [0.5, 0.6) is 0 Å². The molecule has 5 heteroatoms. The van der Waals surface area contributed by atoms with E-state index < -0.39 is 0 Å². The molecule has 2 aromatic carbocycles. The van der Waals surface area contributed by atoms with Gasteiger partial charge in [-0.25, -0.2) is 4.98 Å². The number of para-hydroxylation sites is 2. The van der Waals surface area contributed by atoms with Crippen LogP contribution < -0.4 is 5.32 Å². The molecule has 1 heterocycles. The fraction of sp³-hybridized carbons (Fsp3) is 0.176. The number of nitrogens with zero attached hydrogens (tertiary/aromatic N) is 2. The van der Waals surface area contributed by atoms with Crippen molar-refractivity contribution in [2.24, 2.45) is 0 Å². The number of amides is 1. The second kappa shape index (κ2) is 6.30. The van der Waals surface area contributed by atoms with Crippen LogP contribution in [0.1, 0.15) is 22.6 Å². The van der Waals surface area contributed by atoms with Gasteiger partial charge in [-0.15, -0.1) is 0 Å². The molecule has 2 N–H and O–H groups in total. The van der Waals surface area contributed by atoms with Crippen LogP contribution in [0, 0.1) is 0 Å². The molecule has 1 aromatic heterocycles. The van der Waals surface area contributed by atoms with Crippen LogP contribution in [0.2, 0.25) is 0 Å². The molecule has 0 bridgehead atoms. The molecule has 0 unspecified atom stereocenters. The monoisotopic (exact) mass is 295 g/mol. The van der Waals surface area contributed by atoms with Crippen LogP contribution in [0.4, 0.5) is 0 Å². The molecule has 22 heavy (non-hydrogen) atoms. The standard InChI is InChI=1S/C17H17N3O2/c21-17(18-12-6-9-13-7-2-1-3-8-13)16-19-14-10-4-5-11-15(14)20(16)22/h1-5,7-8,10-11,22H,6,9,12H2,(H,18,21). The van der Waals surface area contributed by atoms with E-state index in [1.54, 1.807) is 18.2 Å². The SMILES string of the molecule is O=C(NCCCc1ccccc1)c1nc2ccccc2n1O. The predicted molar refractivity (Wildman–Crippen MR) is 84.0 cm³/mol. The van der Waals surface area contributed by atoms with Crippen LogP contribution in [-0.2, 0) is 6.42 Å². The van der Waals surface area contributed by atoms with Crippen molar-refractivity contribution in [1.29, 1.82) is 0 Å². The fourth-order valence-corrected chi connectivity index (χ4v) is 2.38. The first-order valence-electron chi connectivity index (χ1n) is 7.24. The molecular formula is C17H17N3O2. The zero-order chi connectivity index (χ0) is 15.4. The number of hydrogen-bond donors (Lipinski definition) is 2. The Hall–Kier alpha value is -2.82. The number of imidazole rings is 1. The largest absolute Gasteiger partial charge is 0.426 e. The van der Waals surface area contributed by atoms with Crippen LogP contribution >= 0.6 is 0 Å². The highest BCUT2D eigenvalue weighted by molar-refractivity contribution is 5.94. The van der Waals surface area contributed by atoms with E-state index in [0.717, 1.165) is 17.6 Å². The van der Waals surface area contributed by atoms with E-state index in [9.17, 15) is 10.0 Å². The molecule has 1 amide bonds. The molecule has 0 atom stereocenters. The van der Waals surface area contributed by atoms with Gasteiger partial charge in [0, 0.05) is 6.54 Å². The Morgan fingerprint density at radius 2 is 1.82 bits per heavy atom. The van der Waals surface area contributed by atoms with E-state index in [-0.39, 0.29) is 11.7 Å². The van der Waals surface area contributed by atoms with Crippen LogP contribution in [0.3, 0.4) is 0 Å². The van der Waals surface area contributed by atoms with Gasteiger partial charge in [-0.2, -0.15) is 4.73 Å². The minimum atomic E-state index is -0.369. The minimum Gasteiger partial charge on any atom is -0.426 e. The molecule has 0 aliphatic heterocycles. The maximum Gasteiger partial charge on any atom is 0.290 e. The van der Waals surface area contributed by atoms with Crippen LogP contribution in [0.15, 0.2) is 54.6 Å². The lowest BCUT2D eigenvalue weighted by Gasteiger charge is -2.04. The molecule has 3 rings (SSSR count). The minimum absolute atomic E-state index is 0.0147. The van der Waals surface area contributed by atoms with Gasteiger partial charge >= 0.3 is 0 Å². The molecule has 0 radical (unpaired) electrons. The summed E-state index contributed by atoms with van der Waals surface area (Å²) < 4.78 is 0.835. The topological polar surface area (TPSA) is 67.2 Å². The number of benzene rings is 2. The number of rotatable bonds is 5. The average Bonchev–Trinajstić information content (AvgIpc) is 2.90. The highest BCUT2D eigenvalue weighted by atomic mass is 16.5. The Bertz CT molecular complexity index is 781. The molecule has 0 aliphatic carbocycles. The van der Waals surface area contributed by atoms with Gasteiger partial charge in [-0.05, 0) is 30.5 Å². The first-order chi connectivity index (χ1) is 10.8. The third-order valence-electron chi connectivity index (χ3n) is 3.51. The molecule has 0 fully saturated rings. The van der Waals surface area contributed by atoms with Gasteiger partial charge in [0.2, 0.25) is 5.82 Å². The van der Waals surface area contributed by atoms with Gasteiger partial charge < -0.3 is 10.5 Å². The zero-order valence-electron chi connectivity index (χ0n) is 12.1. The Kier molecular flexibility index (Phi) is 4.05. The second-order valence-corrected chi connectivity index (χ2v) is 5.08. The van der Waals surface area contributed by atoms with Crippen molar-refractivity contribution < 1.29 is 10.0 Å². The maximum absolute atomic E-state index is 12.1. The van der Waals surface area contributed by atoms with Crippen LogP contribution in [-0.4, -0.2) is 27.4 Å². The van der Waals surface area contributed by atoms with Crippen LogP contribution in [0.25, 0.3) is 11.0 Å². The summed E-state index contributed by atoms with van der Waals surface area (Å²) in [5, 5.41) is 12.8. The number of carbonyl (C=O) groups excluding carboxylic acids is 1. The summed E-state index contributed by atoms with van der Waals surface area (Å²) in [6.45, 7) is 0.539. The highest BCUT2D eigenvalue weighted by Gasteiger charge is 2.16. The predicted octanol–water partition coefficient (Wildman–Crippen LogP) is 2.64. The van der Waals surface area contributed by atoms with Crippen molar-refractivity contribution >= 4 is 16.9 Å². The average molecular weight is 295 g/mol. The first-order valence-corrected chi connectivity index (χ1v) is 7.24. The Morgan fingerprint density at radius 3 is 2.59 bits per heavy atom. The molecule has 112 valence electrons. The summed E-state index contributed by atoms with van der Waals surface area (Å²) in [5.41, 5.74) is 2.36. The van der Waals surface area contributed by atoms with E-state index in [2.05, 4.69) is 22.4 Å². The van der Waals surface area contributed by atoms with Crippen molar-refractivity contribution in [2.75, 3.05) is 6.54 Å². The molecule has 0 aliphatic rings. The van der Waals surface area contributed by atoms with Gasteiger partial charge in [0.1, 0.15) is 5.52 Å². The van der Waals surface area contributed by atoms with E-state index in [0.29, 0.717) is 17.6 Å². The summed E-state index contributed by atoms with van der Waals surface area (Å²) in [6, 6.07) is 17.2. The smallest absolute Gasteiger partial charge is 0.290 e. The van der Waals surface area contributed by atoms with Gasteiger partial charge in [0.05, 0.1) is 5.52 Å². The number of fused-ring (bicyclic) bond motifs is 1. The van der Waals surface area contributed by atoms with E-state index in [4.69, 9.17) is 0 Å². The molecule has 3 aromatic rings. The normalized spacial score (nSPS) is 10.7. The molecular weight excluding hydrogens is 278 g/mol. The first kappa shape index (κ1) is 14.1. The lowest BCUT2D eigenvalue weighted by Crippen LogP contribution is -2.27. The van der Waals surface area contributed by atoms with Gasteiger partial charge in [-0.1, -0.05) is 42.5 Å². The third kappa shape index (κ3) is 2.93. The summed E-state index contributed by atoms with van der Waals surface area (Å²) >= 11 is 0. The van der Waals surface area contributed by atoms with E-state index in [1.165, 1.54) is 5.56 Å². The zero-order valence-corrected chi connectivity index (χ0v) is 12.1. The number of aromatic nitrogens is 2. The van der Waals surface area contributed by atoms with Crippen molar-refractivity contribution in [3.8, 4) is 0 Å². The summed E-state index contributed by atoms with van der Waals surface area (Å²) in [4.78, 5) is 16.2. The number of nitrogens with one attached hydrogen (secondary N) is 1. The molecule has 5 nitrogen and oxygen atoms in total. The van der Waals surface area contributed by atoms with Crippen molar-refractivity contribution in [2.45, 2.75) is 12.8 Å². The Morgan fingerprint density at radius 1 is 1.09 bits per heavy atom. The van der Waals surface area contributed by atoms with Gasteiger partial charge in [-0.3, -0.25) is 4.79 Å². The Labute approximate surface area is 128 Å². The summed E-state index contributed by atoms with van der Waals surface area (Å²) in [6.07, 6.45) is 1.73. The number of hydrogen-bond acceptors (Lipinski definition) is 3. The lowest BCUT2D eigenvalue weighted by atomic mass is 10.1. The van der Waals surface area contributed by atoms with Crippen molar-refractivity contribution in [1.82, 2.24) is 15.0 Å². The van der Waals surface area contributed by atoms with Gasteiger partial charge in [0.25, 0.3) is 5.91 Å². The molecule has 0 saturated heterocycles. The quantitative estimate of drug-likeness (QED) is 0.561. The van der Waals surface area contributed by atoms with E-state index in [1.807, 2.05) is 24.3 Å². The maximum atomic E-state index is 12.1. The summed E-state index contributed by atoms with van der Waals surface area (Å²) in [5.74, 6) is -0.354. The number of aryl methyl sites for hydroxylation is 1. The molecule has 0 spiro atoms. The summed E-state index contributed by atoms with van der Waals surface area (Å²) in [7, 11) is 0. The number of carbonyl (C=O) groups is 1. The van der Waals surface area contributed by atoms with Crippen molar-refractivity contribution in [3.05, 3.63) is 66.0 Å². The van der Waals surface area contributed by atoms with Gasteiger partial charge in [0.15, 0.2) is 0 Å². The highest BCUT2D eigenvalue weighted by Crippen LogP contribution is 2.13.